The Morgan fingerprint density at radius 1 is 1.19 bits per heavy atom. The number of aromatic nitrogens is 2. The van der Waals surface area contributed by atoms with E-state index in [1.54, 1.807) is 20.2 Å². The number of thioether (sulfide) groups is 1. The number of hydrogen-bond donors (Lipinski definition) is 1. The maximum Gasteiger partial charge on any atom is 0.308 e. The fraction of sp³-hybridized carbons (Fsp3) is 0.292. The Kier molecular flexibility index (Phi) is 8.33. The summed E-state index contributed by atoms with van der Waals surface area (Å²) in [5.41, 5.74) is 2.91. The van der Waals surface area contributed by atoms with E-state index >= 15 is 0 Å². The van der Waals surface area contributed by atoms with Gasteiger partial charge in [-0.25, -0.2) is 4.98 Å². The molecular formula is C24H27N3O4S. The summed E-state index contributed by atoms with van der Waals surface area (Å²) in [6.07, 6.45) is 3.63. The van der Waals surface area contributed by atoms with Crippen molar-refractivity contribution in [3.63, 3.8) is 0 Å². The molecule has 1 amide bonds. The minimum atomic E-state index is -0.520. The number of amides is 1. The summed E-state index contributed by atoms with van der Waals surface area (Å²) in [4.78, 5) is 29.3. The Bertz CT molecular complexity index is 1070. The highest BCUT2D eigenvalue weighted by molar-refractivity contribution is 7.99. The van der Waals surface area contributed by atoms with Crippen LogP contribution in [-0.4, -0.2) is 40.9 Å². The van der Waals surface area contributed by atoms with Crippen molar-refractivity contribution in [2.45, 2.75) is 31.5 Å². The molecule has 0 saturated carbocycles. The number of para-hydroxylation sites is 1. The summed E-state index contributed by atoms with van der Waals surface area (Å²) in [5, 5.41) is 3.67. The highest BCUT2D eigenvalue weighted by Crippen LogP contribution is 2.25. The summed E-state index contributed by atoms with van der Waals surface area (Å²) in [6.45, 7) is 4.07. The van der Waals surface area contributed by atoms with Crippen LogP contribution in [0.5, 0.6) is 5.75 Å². The second kappa shape index (κ2) is 11.4. The molecule has 32 heavy (non-hydrogen) atoms. The van der Waals surface area contributed by atoms with Gasteiger partial charge in [-0.3, -0.25) is 14.2 Å². The maximum absolute atomic E-state index is 12.8. The number of methoxy groups -OCH3 is 1. The number of nitrogens with zero attached hydrogens (tertiary/aromatic N) is 2. The van der Waals surface area contributed by atoms with Crippen molar-refractivity contribution in [3.05, 3.63) is 72.1 Å². The van der Waals surface area contributed by atoms with Crippen LogP contribution < -0.4 is 10.1 Å². The van der Waals surface area contributed by atoms with Crippen LogP contribution in [0, 0.1) is 6.92 Å². The molecular weight excluding hydrogens is 426 g/mol. The molecule has 0 aliphatic rings. The van der Waals surface area contributed by atoms with Crippen LogP contribution in [0.25, 0.3) is 5.69 Å². The smallest absolute Gasteiger partial charge is 0.308 e. The fourth-order valence-electron chi connectivity index (χ4n) is 3.28. The maximum atomic E-state index is 12.8. The quantitative estimate of drug-likeness (QED) is 0.368. The van der Waals surface area contributed by atoms with Gasteiger partial charge in [0.1, 0.15) is 5.75 Å². The van der Waals surface area contributed by atoms with Gasteiger partial charge in [0.2, 0.25) is 5.91 Å². The molecule has 7 nitrogen and oxygen atoms in total. The van der Waals surface area contributed by atoms with Gasteiger partial charge >= 0.3 is 5.97 Å². The number of esters is 1. The van der Waals surface area contributed by atoms with Crippen LogP contribution in [0.4, 0.5) is 0 Å². The second-order valence-electron chi connectivity index (χ2n) is 7.06. The van der Waals surface area contributed by atoms with Gasteiger partial charge in [-0.1, -0.05) is 42.1 Å². The molecule has 0 bridgehead atoms. The van der Waals surface area contributed by atoms with Gasteiger partial charge in [0.05, 0.1) is 37.6 Å². The predicted octanol–water partition coefficient (Wildman–Crippen LogP) is 4.09. The number of nitrogens with one attached hydrogen (secondary N) is 1. The Morgan fingerprint density at radius 3 is 2.75 bits per heavy atom. The van der Waals surface area contributed by atoms with Crippen molar-refractivity contribution in [2.75, 3.05) is 19.5 Å². The molecule has 0 radical (unpaired) electrons. The van der Waals surface area contributed by atoms with Crippen molar-refractivity contribution < 1.29 is 19.1 Å². The molecule has 3 aromatic rings. The summed E-state index contributed by atoms with van der Waals surface area (Å²) < 4.78 is 12.3. The van der Waals surface area contributed by atoms with Crippen LogP contribution in [0.15, 0.2) is 66.1 Å². The number of benzene rings is 2. The lowest BCUT2D eigenvalue weighted by Crippen LogP contribution is -2.32. The number of imidazole rings is 1. The molecule has 3 rings (SSSR count). The van der Waals surface area contributed by atoms with Crippen molar-refractivity contribution in [3.8, 4) is 11.4 Å². The molecule has 0 saturated heterocycles. The standard InChI is InChI=1S/C24H27N3O4S/c1-4-31-23(29)15-20(18-9-7-10-19(14-18)30-3)26-22(28)16-32-24-25-12-13-27(24)21-11-6-5-8-17(21)2/h5-14,20H,4,15-16H2,1-3H3,(H,26,28). The van der Waals surface area contributed by atoms with Gasteiger partial charge in [0.15, 0.2) is 5.16 Å². The van der Waals surface area contributed by atoms with Gasteiger partial charge in [0, 0.05) is 12.4 Å². The van der Waals surface area contributed by atoms with Crippen molar-refractivity contribution >= 4 is 23.6 Å². The lowest BCUT2D eigenvalue weighted by molar-refractivity contribution is -0.143. The molecule has 1 unspecified atom stereocenters. The molecule has 0 aliphatic carbocycles. The number of rotatable bonds is 10. The molecule has 0 fully saturated rings. The molecule has 0 spiro atoms. The predicted molar refractivity (Wildman–Crippen MR) is 124 cm³/mol. The van der Waals surface area contributed by atoms with Gasteiger partial charge < -0.3 is 14.8 Å². The minimum absolute atomic E-state index is 0.0370. The zero-order valence-corrected chi connectivity index (χ0v) is 19.2. The number of hydrogen-bond acceptors (Lipinski definition) is 6. The average molecular weight is 454 g/mol. The topological polar surface area (TPSA) is 82.5 Å². The van der Waals surface area contributed by atoms with Gasteiger partial charge in [0.25, 0.3) is 0 Å². The van der Waals surface area contributed by atoms with E-state index in [0.717, 1.165) is 22.0 Å². The Hall–Kier alpha value is -3.26. The second-order valence-corrected chi connectivity index (χ2v) is 8.00. The van der Waals surface area contributed by atoms with Crippen LogP contribution >= 0.6 is 11.8 Å². The largest absolute Gasteiger partial charge is 0.497 e. The number of ether oxygens (including phenoxy) is 2. The van der Waals surface area contributed by atoms with Crippen LogP contribution in [0.3, 0.4) is 0 Å². The highest BCUT2D eigenvalue weighted by Gasteiger charge is 2.20. The first-order chi connectivity index (χ1) is 15.5. The molecule has 2 aromatic carbocycles. The highest BCUT2D eigenvalue weighted by atomic mass is 32.2. The Labute approximate surface area is 192 Å². The summed E-state index contributed by atoms with van der Waals surface area (Å²) in [7, 11) is 1.57. The first-order valence-corrected chi connectivity index (χ1v) is 11.3. The first-order valence-electron chi connectivity index (χ1n) is 10.3. The van der Waals surface area contributed by atoms with E-state index in [9.17, 15) is 9.59 Å². The lowest BCUT2D eigenvalue weighted by atomic mass is 10.0. The Balaban J connectivity index is 1.70. The molecule has 1 N–H and O–H groups in total. The molecule has 1 heterocycles. The molecule has 8 heteroatoms. The third kappa shape index (κ3) is 6.13. The first kappa shape index (κ1) is 23.4. The van der Waals surface area contributed by atoms with Gasteiger partial charge in [-0.15, -0.1) is 0 Å². The normalized spacial score (nSPS) is 11.6. The van der Waals surface area contributed by atoms with E-state index in [4.69, 9.17) is 9.47 Å². The zero-order valence-electron chi connectivity index (χ0n) is 18.4. The van der Waals surface area contributed by atoms with Gasteiger partial charge in [-0.05, 0) is 43.2 Å². The number of carbonyl (C=O) groups excluding carboxylic acids is 2. The molecule has 1 atom stereocenters. The van der Waals surface area contributed by atoms with Crippen LogP contribution in [0.1, 0.15) is 30.5 Å². The van der Waals surface area contributed by atoms with E-state index in [0.29, 0.717) is 5.75 Å². The van der Waals surface area contributed by atoms with Crippen molar-refractivity contribution in [2.24, 2.45) is 0 Å². The fourth-order valence-corrected chi connectivity index (χ4v) is 4.05. The van der Waals surface area contributed by atoms with Crippen molar-refractivity contribution in [1.82, 2.24) is 14.9 Å². The molecule has 1 aromatic heterocycles. The van der Waals surface area contributed by atoms with E-state index < -0.39 is 6.04 Å². The van der Waals surface area contributed by atoms with E-state index in [2.05, 4.69) is 10.3 Å². The summed E-state index contributed by atoms with van der Waals surface area (Å²) in [5.74, 6) is 0.238. The van der Waals surface area contributed by atoms with Crippen LogP contribution in [-0.2, 0) is 14.3 Å². The number of aryl methyl sites for hydroxylation is 1. The van der Waals surface area contributed by atoms with E-state index in [1.807, 2.05) is 66.2 Å². The molecule has 0 aliphatic heterocycles. The van der Waals surface area contributed by atoms with Crippen molar-refractivity contribution in [1.29, 1.82) is 0 Å². The average Bonchev–Trinajstić information content (AvgIpc) is 3.26. The minimum Gasteiger partial charge on any atom is -0.497 e. The molecule has 168 valence electrons. The van der Waals surface area contributed by atoms with E-state index in [-0.39, 0.29) is 30.7 Å². The zero-order chi connectivity index (χ0) is 22.9. The summed E-state index contributed by atoms with van der Waals surface area (Å²) >= 11 is 1.34. The third-order valence-corrected chi connectivity index (χ3v) is 5.79. The Morgan fingerprint density at radius 2 is 2.00 bits per heavy atom. The lowest BCUT2D eigenvalue weighted by Gasteiger charge is -2.19. The van der Waals surface area contributed by atoms with E-state index in [1.165, 1.54) is 11.8 Å². The third-order valence-electron chi connectivity index (χ3n) is 4.82. The number of carbonyl (C=O) groups is 2. The monoisotopic (exact) mass is 453 g/mol. The SMILES string of the molecule is CCOC(=O)CC(NC(=O)CSc1nccn1-c1ccccc1C)c1cccc(OC)c1. The summed E-state index contributed by atoms with van der Waals surface area (Å²) in [6, 6.07) is 14.8. The van der Waals surface area contributed by atoms with Crippen LogP contribution in [0.2, 0.25) is 0 Å². The van der Waals surface area contributed by atoms with Gasteiger partial charge in [-0.2, -0.15) is 0 Å².